The first-order chi connectivity index (χ1) is 9.99. The summed E-state index contributed by atoms with van der Waals surface area (Å²) in [6.45, 7) is 6.09. The predicted molar refractivity (Wildman–Crippen MR) is 81.5 cm³/mol. The lowest BCUT2D eigenvalue weighted by Crippen LogP contribution is -2.15. The fourth-order valence-corrected chi connectivity index (χ4v) is 1.93. The Morgan fingerprint density at radius 3 is 2.48 bits per heavy atom. The number of anilines is 2. The molecule has 0 radical (unpaired) electrons. The number of ether oxygens (including phenoxy) is 1. The molecule has 1 heterocycles. The summed E-state index contributed by atoms with van der Waals surface area (Å²) in [4.78, 5) is 20.5. The Morgan fingerprint density at radius 1 is 1.24 bits per heavy atom. The Bertz CT molecular complexity index is 650. The van der Waals surface area contributed by atoms with E-state index in [1.807, 2.05) is 26.8 Å². The second-order valence-corrected chi connectivity index (χ2v) is 4.61. The summed E-state index contributed by atoms with van der Waals surface area (Å²) < 4.78 is 5.34. The van der Waals surface area contributed by atoms with Gasteiger partial charge >= 0.3 is 0 Å². The maximum atomic E-state index is 12.2. The summed E-state index contributed by atoms with van der Waals surface area (Å²) in [6, 6.07) is 6.74. The average molecular weight is 286 g/mol. The van der Waals surface area contributed by atoms with Gasteiger partial charge in [0, 0.05) is 17.0 Å². The van der Waals surface area contributed by atoms with Gasteiger partial charge in [-0.3, -0.25) is 10.1 Å². The number of carbonyl (C=O) groups is 1. The first-order valence-corrected chi connectivity index (χ1v) is 6.65. The van der Waals surface area contributed by atoms with E-state index in [-0.39, 0.29) is 11.9 Å². The van der Waals surface area contributed by atoms with E-state index in [1.165, 1.54) is 0 Å². The number of benzene rings is 1. The molecule has 0 bridgehead atoms. The maximum Gasteiger partial charge on any atom is 0.258 e. The number of aryl methyl sites for hydroxylation is 2. The minimum Gasteiger partial charge on any atom is -0.492 e. The van der Waals surface area contributed by atoms with Crippen LogP contribution in [0, 0.1) is 13.8 Å². The molecule has 1 aromatic carbocycles. The van der Waals surface area contributed by atoms with Crippen molar-refractivity contribution >= 4 is 17.5 Å². The lowest BCUT2D eigenvalue weighted by molar-refractivity contribution is 0.102. The summed E-state index contributed by atoms with van der Waals surface area (Å²) in [6.07, 6.45) is 0. The Balaban J connectivity index is 2.18. The number of aromatic nitrogens is 2. The number of nitrogens with one attached hydrogen (secondary N) is 1. The Kier molecular flexibility index (Phi) is 4.37. The molecule has 1 amide bonds. The largest absolute Gasteiger partial charge is 0.492 e. The van der Waals surface area contributed by atoms with Gasteiger partial charge < -0.3 is 10.5 Å². The van der Waals surface area contributed by atoms with Crippen LogP contribution in [0.1, 0.15) is 28.7 Å². The number of nitrogens with two attached hydrogens (primary N) is 1. The van der Waals surface area contributed by atoms with Gasteiger partial charge in [-0.05, 0) is 45.0 Å². The molecule has 110 valence electrons. The van der Waals surface area contributed by atoms with Gasteiger partial charge in [0.2, 0.25) is 5.95 Å². The number of hydrogen-bond acceptors (Lipinski definition) is 5. The zero-order valence-corrected chi connectivity index (χ0v) is 12.3. The van der Waals surface area contributed by atoms with Crippen LogP contribution in [-0.4, -0.2) is 22.5 Å². The summed E-state index contributed by atoms with van der Waals surface area (Å²) in [5.41, 5.74) is 8.29. The van der Waals surface area contributed by atoms with Gasteiger partial charge in [-0.15, -0.1) is 0 Å². The summed E-state index contributed by atoms with van der Waals surface area (Å²) in [5, 5.41) is 2.66. The zero-order chi connectivity index (χ0) is 15.4. The Labute approximate surface area is 123 Å². The number of hydrogen-bond donors (Lipinski definition) is 2. The van der Waals surface area contributed by atoms with Gasteiger partial charge in [0.05, 0.1) is 12.3 Å². The van der Waals surface area contributed by atoms with Gasteiger partial charge in [0.15, 0.2) is 0 Å². The van der Waals surface area contributed by atoms with Gasteiger partial charge in [-0.1, -0.05) is 0 Å². The molecule has 0 fully saturated rings. The Morgan fingerprint density at radius 2 is 1.90 bits per heavy atom. The van der Waals surface area contributed by atoms with Crippen LogP contribution < -0.4 is 15.8 Å². The molecule has 21 heavy (non-hydrogen) atoms. The van der Waals surface area contributed by atoms with Crippen molar-refractivity contribution in [3.63, 3.8) is 0 Å². The molecule has 0 spiro atoms. The summed E-state index contributed by atoms with van der Waals surface area (Å²) in [5.74, 6) is 0.538. The molecule has 0 aliphatic heterocycles. The molecule has 0 aliphatic carbocycles. The van der Waals surface area contributed by atoms with E-state index in [1.54, 1.807) is 18.2 Å². The summed E-state index contributed by atoms with van der Waals surface area (Å²) in [7, 11) is 0. The van der Waals surface area contributed by atoms with E-state index in [9.17, 15) is 4.79 Å². The topological polar surface area (TPSA) is 90.1 Å². The second kappa shape index (κ2) is 6.21. The minimum absolute atomic E-state index is 0.282. The number of nitrogens with zero attached hydrogens (tertiary/aromatic N) is 2. The Hall–Kier alpha value is -2.63. The van der Waals surface area contributed by atoms with E-state index in [0.29, 0.717) is 23.6 Å². The molecule has 1 aromatic heterocycles. The molecule has 0 saturated heterocycles. The molecular formula is C15H18N4O2. The molecule has 6 heteroatoms. The van der Waals surface area contributed by atoms with Crippen molar-refractivity contribution in [3.8, 4) is 5.75 Å². The minimum atomic E-state index is -0.310. The van der Waals surface area contributed by atoms with Crippen LogP contribution in [-0.2, 0) is 0 Å². The van der Waals surface area contributed by atoms with Crippen molar-refractivity contribution in [2.75, 3.05) is 17.7 Å². The highest BCUT2D eigenvalue weighted by Crippen LogP contribution is 2.22. The van der Waals surface area contributed by atoms with Crippen molar-refractivity contribution in [3.05, 3.63) is 41.2 Å². The maximum absolute atomic E-state index is 12.2. The van der Waals surface area contributed by atoms with Crippen molar-refractivity contribution in [2.45, 2.75) is 20.8 Å². The fourth-order valence-electron chi connectivity index (χ4n) is 1.93. The van der Waals surface area contributed by atoms with E-state index in [4.69, 9.17) is 10.5 Å². The van der Waals surface area contributed by atoms with E-state index in [0.717, 1.165) is 11.4 Å². The van der Waals surface area contributed by atoms with Crippen LogP contribution in [0.4, 0.5) is 11.6 Å². The highest BCUT2D eigenvalue weighted by molar-refractivity contribution is 6.04. The third-order valence-electron chi connectivity index (χ3n) is 2.78. The van der Waals surface area contributed by atoms with Gasteiger partial charge in [-0.25, -0.2) is 9.97 Å². The predicted octanol–water partition coefficient (Wildman–Crippen LogP) is 2.33. The first-order valence-electron chi connectivity index (χ1n) is 6.65. The van der Waals surface area contributed by atoms with Crippen LogP contribution in [0.15, 0.2) is 24.3 Å². The molecule has 0 aliphatic rings. The average Bonchev–Trinajstić information content (AvgIpc) is 2.40. The lowest BCUT2D eigenvalue weighted by atomic mass is 10.2. The van der Waals surface area contributed by atoms with Crippen LogP contribution in [0.3, 0.4) is 0 Å². The highest BCUT2D eigenvalue weighted by Gasteiger charge is 2.11. The number of nitrogen functional groups attached to an aromatic ring is 1. The number of carbonyl (C=O) groups excluding carboxylic acids is 1. The van der Waals surface area contributed by atoms with E-state index >= 15 is 0 Å². The van der Waals surface area contributed by atoms with Crippen molar-refractivity contribution in [2.24, 2.45) is 0 Å². The normalized spacial score (nSPS) is 10.2. The molecule has 6 nitrogen and oxygen atoms in total. The zero-order valence-electron chi connectivity index (χ0n) is 12.3. The van der Waals surface area contributed by atoms with Gasteiger partial charge in [0.1, 0.15) is 5.75 Å². The standard InChI is InChI=1S/C15H18N4O2/c1-4-21-13-6-5-11(8-12(13)16)14(20)19-15-17-9(2)7-10(3)18-15/h5-8H,4,16H2,1-3H3,(H,17,18,19,20). The third-order valence-corrected chi connectivity index (χ3v) is 2.78. The third kappa shape index (κ3) is 3.68. The quantitative estimate of drug-likeness (QED) is 0.842. The smallest absolute Gasteiger partial charge is 0.258 e. The van der Waals surface area contributed by atoms with Crippen LogP contribution in [0.25, 0.3) is 0 Å². The molecular weight excluding hydrogens is 268 g/mol. The second-order valence-electron chi connectivity index (χ2n) is 4.61. The van der Waals surface area contributed by atoms with E-state index in [2.05, 4.69) is 15.3 Å². The van der Waals surface area contributed by atoms with Crippen molar-refractivity contribution < 1.29 is 9.53 Å². The molecule has 0 unspecified atom stereocenters. The molecule has 3 N–H and O–H groups in total. The van der Waals surface area contributed by atoms with Crippen molar-refractivity contribution in [1.29, 1.82) is 0 Å². The van der Waals surface area contributed by atoms with Gasteiger partial charge in [-0.2, -0.15) is 0 Å². The van der Waals surface area contributed by atoms with Crippen LogP contribution in [0.2, 0.25) is 0 Å². The SMILES string of the molecule is CCOc1ccc(C(=O)Nc2nc(C)cc(C)n2)cc1N. The first kappa shape index (κ1) is 14.8. The lowest BCUT2D eigenvalue weighted by Gasteiger charge is -2.09. The number of rotatable bonds is 4. The van der Waals surface area contributed by atoms with E-state index < -0.39 is 0 Å². The van der Waals surface area contributed by atoms with Crippen LogP contribution >= 0.6 is 0 Å². The van der Waals surface area contributed by atoms with Crippen LogP contribution in [0.5, 0.6) is 5.75 Å². The molecule has 2 rings (SSSR count). The molecule has 0 atom stereocenters. The fraction of sp³-hybridized carbons (Fsp3) is 0.267. The molecule has 0 saturated carbocycles. The van der Waals surface area contributed by atoms with Gasteiger partial charge in [0.25, 0.3) is 5.91 Å². The number of amides is 1. The summed E-state index contributed by atoms with van der Waals surface area (Å²) >= 11 is 0. The van der Waals surface area contributed by atoms with Crippen molar-refractivity contribution in [1.82, 2.24) is 9.97 Å². The molecule has 2 aromatic rings. The monoisotopic (exact) mass is 286 g/mol. The highest BCUT2D eigenvalue weighted by atomic mass is 16.5.